The quantitative estimate of drug-likeness (QED) is 0.165. The highest BCUT2D eigenvalue weighted by atomic mass is 16.7. The summed E-state index contributed by atoms with van der Waals surface area (Å²) in [6, 6.07) is 16.8. The van der Waals surface area contributed by atoms with Crippen molar-refractivity contribution in [3.05, 3.63) is 88.8 Å². The molecule has 0 aliphatic carbocycles. The number of aromatic carboxylic acids is 1. The van der Waals surface area contributed by atoms with Gasteiger partial charge in [-0.25, -0.2) is 14.6 Å². The highest BCUT2D eigenvalue weighted by Crippen LogP contribution is 2.39. The number of aliphatic carboxylic acids is 1. The van der Waals surface area contributed by atoms with Gasteiger partial charge in [-0.2, -0.15) is 4.98 Å². The van der Waals surface area contributed by atoms with Crippen molar-refractivity contribution >= 4 is 18.0 Å². The summed E-state index contributed by atoms with van der Waals surface area (Å²) in [4.78, 5) is 33.2. The maximum Gasteiger partial charge on any atom is 0.336 e. The molecule has 0 bridgehead atoms. The van der Waals surface area contributed by atoms with Crippen LogP contribution in [0.4, 0.5) is 0 Å². The number of aromatic nitrogens is 2. The monoisotopic (exact) mass is 628 g/mol. The van der Waals surface area contributed by atoms with E-state index in [-0.39, 0.29) is 42.7 Å². The first-order chi connectivity index (χ1) is 22.3. The Hall–Kier alpha value is -5.78. The largest absolute Gasteiger partial charge is 0.496 e. The number of ether oxygens (including phenoxy) is 6. The number of carbonyl (C=O) groups is 2. The third kappa shape index (κ3) is 7.29. The Morgan fingerprint density at radius 3 is 2.35 bits per heavy atom. The second-order valence-corrected chi connectivity index (χ2v) is 10.1. The molecule has 2 heterocycles. The molecular weight excluding hydrogens is 596 g/mol. The smallest absolute Gasteiger partial charge is 0.336 e. The number of methoxy groups -OCH3 is 2. The minimum absolute atomic E-state index is 0.00612. The van der Waals surface area contributed by atoms with Gasteiger partial charge in [0.2, 0.25) is 12.7 Å². The summed E-state index contributed by atoms with van der Waals surface area (Å²) in [6.45, 7) is 2.40. The van der Waals surface area contributed by atoms with Crippen LogP contribution in [0, 0.1) is 0 Å². The van der Waals surface area contributed by atoms with E-state index in [1.807, 2.05) is 6.92 Å². The van der Waals surface area contributed by atoms with Gasteiger partial charge in [0.05, 0.1) is 32.1 Å². The fourth-order valence-electron chi connectivity index (χ4n) is 4.74. The molecule has 3 aromatic carbocycles. The van der Waals surface area contributed by atoms with Gasteiger partial charge < -0.3 is 38.6 Å². The van der Waals surface area contributed by atoms with E-state index in [1.54, 1.807) is 54.6 Å². The number of carboxylic acids is 2. The Labute approximate surface area is 264 Å². The van der Waals surface area contributed by atoms with Gasteiger partial charge in [0.25, 0.3) is 0 Å². The Bertz CT molecular complexity index is 1790. The van der Waals surface area contributed by atoms with E-state index in [9.17, 15) is 19.8 Å². The molecule has 4 aromatic rings. The van der Waals surface area contributed by atoms with E-state index in [0.717, 1.165) is 6.42 Å². The number of hydrogen-bond donors (Lipinski definition) is 2. The summed E-state index contributed by atoms with van der Waals surface area (Å²) >= 11 is 0. The number of rotatable bonds is 14. The van der Waals surface area contributed by atoms with Crippen LogP contribution in [0.2, 0.25) is 0 Å². The third-order valence-electron chi connectivity index (χ3n) is 7.00. The zero-order chi connectivity index (χ0) is 32.6. The zero-order valence-corrected chi connectivity index (χ0v) is 25.4. The van der Waals surface area contributed by atoms with Gasteiger partial charge in [-0.15, -0.1) is 0 Å². The van der Waals surface area contributed by atoms with E-state index in [2.05, 4.69) is 9.97 Å². The summed E-state index contributed by atoms with van der Waals surface area (Å²) in [7, 11) is 2.99. The topological polar surface area (TPSA) is 156 Å². The van der Waals surface area contributed by atoms with Crippen LogP contribution in [-0.2, 0) is 17.8 Å². The average Bonchev–Trinajstić information content (AvgIpc) is 3.52. The fourth-order valence-corrected chi connectivity index (χ4v) is 4.74. The molecule has 12 heteroatoms. The van der Waals surface area contributed by atoms with Gasteiger partial charge in [0.15, 0.2) is 28.8 Å². The Morgan fingerprint density at radius 1 is 0.870 bits per heavy atom. The van der Waals surface area contributed by atoms with E-state index in [1.165, 1.54) is 26.4 Å². The Balaban J connectivity index is 1.50. The van der Waals surface area contributed by atoms with Crippen molar-refractivity contribution < 1.29 is 48.2 Å². The molecule has 1 aliphatic rings. The molecule has 0 saturated carbocycles. The Kier molecular flexibility index (Phi) is 9.86. The van der Waals surface area contributed by atoms with Crippen LogP contribution in [-0.4, -0.2) is 59.7 Å². The second-order valence-electron chi connectivity index (χ2n) is 10.1. The highest BCUT2D eigenvalue weighted by Gasteiger charge is 2.21. The first-order valence-electron chi connectivity index (χ1n) is 14.3. The third-order valence-corrected chi connectivity index (χ3v) is 7.00. The summed E-state index contributed by atoms with van der Waals surface area (Å²) in [5, 5.41) is 19.7. The number of fused-ring (bicyclic) bond motifs is 1. The predicted molar refractivity (Wildman–Crippen MR) is 166 cm³/mol. The lowest BCUT2D eigenvalue weighted by Gasteiger charge is -2.14. The van der Waals surface area contributed by atoms with Crippen molar-refractivity contribution in [1.82, 2.24) is 9.97 Å². The highest BCUT2D eigenvalue weighted by molar-refractivity contribution is 5.92. The summed E-state index contributed by atoms with van der Waals surface area (Å²) in [6.07, 6.45) is 2.11. The lowest BCUT2D eigenvalue weighted by molar-refractivity contribution is -0.132. The molecule has 1 aliphatic heterocycles. The molecule has 0 saturated heterocycles. The van der Waals surface area contributed by atoms with E-state index >= 15 is 0 Å². The SMILES string of the molecule is CCCOc1cc(-c2ccc(OC)c(OCc3ccccc3C(=O)O)c2)nc(C=C(Cc2cc3c(cc2OC)OCO3)C(=O)O)n1. The molecule has 12 nitrogen and oxygen atoms in total. The van der Waals surface area contributed by atoms with Gasteiger partial charge in [-0.3, -0.25) is 0 Å². The van der Waals surface area contributed by atoms with E-state index < -0.39 is 11.9 Å². The molecule has 0 fully saturated rings. The lowest BCUT2D eigenvalue weighted by Crippen LogP contribution is -2.07. The van der Waals surface area contributed by atoms with Crippen LogP contribution >= 0.6 is 0 Å². The average molecular weight is 629 g/mol. The molecule has 0 radical (unpaired) electrons. The molecule has 0 spiro atoms. The minimum atomic E-state index is -1.16. The second kappa shape index (κ2) is 14.3. The molecule has 1 aromatic heterocycles. The summed E-state index contributed by atoms with van der Waals surface area (Å²) in [5.41, 5.74) is 2.26. The number of carboxylic acid groups (broad SMARTS) is 2. The molecule has 238 valence electrons. The van der Waals surface area contributed by atoms with Crippen molar-refractivity contribution in [3.63, 3.8) is 0 Å². The zero-order valence-electron chi connectivity index (χ0n) is 25.4. The molecule has 0 unspecified atom stereocenters. The van der Waals surface area contributed by atoms with Crippen molar-refractivity contribution in [2.75, 3.05) is 27.6 Å². The van der Waals surface area contributed by atoms with Crippen molar-refractivity contribution in [2.45, 2.75) is 26.4 Å². The van der Waals surface area contributed by atoms with Crippen LogP contribution in [0.3, 0.4) is 0 Å². The first kappa shape index (κ1) is 31.6. The van der Waals surface area contributed by atoms with Gasteiger partial charge >= 0.3 is 11.9 Å². The van der Waals surface area contributed by atoms with Gasteiger partial charge in [0.1, 0.15) is 12.4 Å². The Morgan fingerprint density at radius 2 is 1.63 bits per heavy atom. The van der Waals surface area contributed by atoms with E-state index in [4.69, 9.17) is 28.4 Å². The van der Waals surface area contributed by atoms with E-state index in [0.29, 0.717) is 57.7 Å². The normalized spacial score (nSPS) is 12.0. The van der Waals surface area contributed by atoms with Gasteiger partial charge in [-0.05, 0) is 42.8 Å². The molecular formula is C34H32N2O10. The molecule has 5 rings (SSSR count). The number of hydrogen-bond acceptors (Lipinski definition) is 10. The van der Waals surface area contributed by atoms with Crippen LogP contribution in [0.25, 0.3) is 17.3 Å². The van der Waals surface area contributed by atoms with Crippen LogP contribution in [0.5, 0.6) is 34.6 Å². The van der Waals surface area contributed by atoms with Gasteiger partial charge in [-0.1, -0.05) is 25.1 Å². The maximum atomic E-state index is 12.4. The summed E-state index contributed by atoms with van der Waals surface area (Å²) < 4.78 is 33.7. The van der Waals surface area contributed by atoms with Crippen molar-refractivity contribution in [3.8, 4) is 45.9 Å². The number of benzene rings is 3. The van der Waals surface area contributed by atoms with Crippen molar-refractivity contribution in [1.29, 1.82) is 0 Å². The molecule has 0 amide bonds. The maximum absolute atomic E-state index is 12.4. The molecule has 2 N–H and O–H groups in total. The summed E-state index contributed by atoms with van der Waals surface area (Å²) in [5.74, 6) is 0.417. The minimum Gasteiger partial charge on any atom is -0.496 e. The standard InChI is InChI=1S/C34H32N2O10/c1-4-11-43-32-16-25(20-9-10-26(41-2)28(13-20)44-18-21-7-5-6-8-24(21)34(39)40)35-31(36-32)15-23(33(37)38)12-22-14-29-30(46-19-45-29)17-27(22)42-3/h5-10,13-17H,4,11-12,18-19H2,1-3H3,(H,37,38)(H,39,40). The molecule has 46 heavy (non-hydrogen) atoms. The van der Waals surface area contributed by atoms with Crippen LogP contribution < -0.4 is 28.4 Å². The van der Waals surface area contributed by atoms with Crippen LogP contribution in [0.15, 0.2) is 66.2 Å². The van der Waals surface area contributed by atoms with Gasteiger partial charge in [0, 0.05) is 40.8 Å². The van der Waals surface area contributed by atoms with Crippen molar-refractivity contribution in [2.24, 2.45) is 0 Å². The molecule has 0 atom stereocenters. The van der Waals surface area contributed by atoms with Crippen LogP contribution in [0.1, 0.15) is 40.7 Å². The lowest BCUT2D eigenvalue weighted by atomic mass is 10.0. The first-order valence-corrected chi connectivity index (χ1v) is 14.3. The number of nitrogens with zero attached hydrogens (tertiary/aromatic N) is 2. The fraction of sp³-hybridized carbons (Fsp3) is 0.235. The predicted octanol–water partition coefficient (Wildman–Crippen LogP) is 5.67.